The molecule has 0 bridgehead atoms. The van der Waals surface area contributed by atoms with Gasteiger partial charge < -0.3 is 15.0 Å². The fourth-order valence-corrected chi connectivity index (χ4v) is 5.05. The molecule has 2 aliphatic rings. The number of ether oxygens (including phenoxy) is 1. The summed E-state index contributed by atoms with van der Waals surface area (Å²) in [5.74, 6) is -0.689. The minimum atomic E-state index is -3.87. The molecular formula is C21H30ClN3O5S. The third-order valence-corrected chi connectivity index (χ3v) is 7.31. The van der Waals surface area contributed by atoms with Gasteiger partial charge in [0.05, 0.1) is 24.1 Å². The average molecular weight is 472 g/mol. The molecule has 1 aromatic rings. The van der Waals surface area contributed by atoms with Crippen LogP contribution < -0.4 is 10.0 Å². The van der Waals surface area contributed by atoms with E-state index in [0.29, 0.717) is 11.6 Å². The Morgan fingerprint density at radius 3 is 2.42 bits per heavy atom. The topological polar surface area (TPSA) is 105 Å². The lowest BCUT2D eigenvalue weighted by Crippen LogP contribution is -2.49. The van der Waals surface area contributed by atoms with E-state index in [1.165, 1.54) is 35.6 Å². The number of sulfonamides is 1. The Bertz CT molecular complexity index is 850. The van der Waals surface area contributed by atoms with Crippen LogP contribution in [0.25, 0.3) is 0 Å². The molecule has 1 aromatic carbocycles. The molecule has 31 heavy (non-hydrogen) atoms. The van der Waals surface area contributed by atoms with Gasteiger partial charge in [0, 0.05) is 24.2 Å². The first-order valence-corrected chi connectivity index (χ1v) is 12.6. The summed E-state index contributed by atoms with van der Waals surface area (Å²) in [4.78, 5) is 26.8. The van der Waals surface area contributed by atoms with Crippen molar-refractivity contribution in [2.24, 2.45) is 0 Å². The molecule has 1 aliphatic carbocycles. The lowest BCUT2D eigenvalue weighted by molar-refractivity contribution is -0.136. The Hall–Kier alpha value is -1.68. The number of nitrogens with one attached hydrogen (secondary N) is 2. The van der Waals surface area contributed by atoms with Crippen LogP contribution in [0.2, 0.25) is 5.02 Å². The van der Waals surface area contributed by atoms with Crippen molar-refractivity contribution in [3.05, 3.63) is 29.3 Å². The Morgan fingerprint density at radius 1 is 1.06 bits per heavy atom. The van der Waals surface area contributed by atoms with Gasteiger partial charge in [-0.2, -0.15) is 0 Å². The maximum Gasteiger partial charge on any atom is 0.241 e. The first kappa shape index (κ1) is 24.0. The first-order chi connectivity index (χ1) is 14.8. The van der Waals surface area contributed by atoms with E-state index in [-0.39, 0.29) is 36.0 Å². The molecule has 10 heteroatoms. The zero-order valence-electron chi connectivity index (χ0n) is 17.5. The van der Waals surface area contributed by atoms with E-state index in [1.54, 1.807) is 0 Å². The van der Waals surface area contributed by atoms with Crippen LogP contribution in [0.15, 0.2) is 29.2 Å². The summed E-state index contributed by atoms with van der Waals surface area (Å²) in [6, 6.07) is 5.83. The van der Waals surface area contributed by atoms with Gasteiger partial charge in [-0.05, 0) is 49.9 Å². The predicted molar refractivity (Wildman–Crippen MR) is 117 cm³/mol. The monoisotopic (exact) mass is 471 g/mol. The highest BCUT2D eigenvalue weighted by Crippen LogP contribution is 2.18. The van der Waals surface area contributed by atoms with Crippen LogP contribution >= 0.6 is 11.6 Å². The summed E-state index contributed by atoms with van der Waals surface area (Å²) in [7, 11) is -3.87. The molecule has 1 heterocycles. The highest BCUT2D eigenvalue weighted by atomic mass is 35.5. The maximum absolute atomic E-state index is 12.8. The molecule has 2 N–H and O–H groups in total. The molecule has 3 rings (SSSR count). The van der Waals surface area contributed by atoms with E-state index in [0.717, 1.165) is 38.5 Å². The fraction of sp³-hybridized carbons (Fsp3) is 0.619. The van der Waals surface area contributed by atoms with Gasteiger partial charge >= 0.3 is 0 Å². The summed E-state index contributed by atoms with van der Waals surface area (Å²) in [6.45, 7) is 0.343. The van der Waals surface area contributed by atoms with E-state index < -0.39 is 22.5 Å². The molecule has 1 saturated carbocycles. The van der Waals surface area contributed by atoms with Gasteiger partial charge in [0.2, 0.25) is 21.8 Å². The largest absolute Gasteiger partial charge is 0.376 e. The number of carbonyl (C=O) groups is 2. The van der Waals surface area contributed by atoms with Crippen molar-refractivity contribution < 1.29 is 22.7 Å². The van der Waals surface area contributed by atoms with Gasteiger partial charge in [-0.3, -0.25) is 9.59 Å². The molecule has 1 atom stereocenters. The van der Waals surface area contributed by atoms with E-state index in [1.807, 2.05) is 0 Å². The van der Waals surface area contributed by atoms with Crippen LogP contribution in [0.4, 0.5) is 0 Å². The standard InChI is InChI=1S/C21H30ClN3O5S/c22-16-8-10-19(11-9-16)31(28,29)23-13-21(27)25(14-18-7-4-12-30-18)15-20(26)24-17-5-2-1-3-6-17/h8-11,17-18,23H,1-7,12-15H2,(H,24,26)/t18-/m1/s1. The van der Waals surface area contributed by atoms with Crippen molar-refractivity contribution in [1.29, 1.82) is 0 Å². The second-order valence-electron chi connectivity index (χ2n) is 8.09. The number of benzene rings is 1. The van der Waals surface area contributed by atoms with E-state index >= 15 is 0 Å². The number of nitrogens with zero attached hydrogens (tertiary/aromatic N) is 1. The van der Waals surface area contributed by atoms with Crippen molar-refractivity contribution in [2.45, 2.75) is 62.0 Å². The van der Waals surface area contributed by atoms with Gasteiger partial charge in [0.15, 0.2) is 0 Å². The Labute approximate surface area is 188 Å². The fourth-order valence-electron chi connectivity index (χ4n) is 3.95. The van der Waals surface area contributed by atoms with Gasteiger partial charge in [-0.15, -0.1) is 0 Å². The maximum atomic E-state index is 12.8. The summed E-state index contributed by atoms with van der Waals surface area (Å²) in [6.07, 6.45) is 6.85. The number of hydrogen-bond acceptors (Lipinski definition) is 5. The minimum Gasteiger partial charge on any atom is -0.376 e. The van der Waals surface area contributed by atoms with Crippen molar-refractivity contribution in [3.63, 3.8) is 0 Å². The van der Waals surface area contributed by atoms with Crippen molar-refractivity contribution in [2.75, 3.05) is 26.2 Å². The zero-order valence-corrected chi connectivity index (χ0v) is 19.1. The summed E-state index contributed by atoms with van der Waals surface area (Å²) < 4.78 is 32.9. The lowest BCUT2D eigenvalue weighted by atomic mass is 9.95. The van der Waals surface area contributed by atoms with Crippen LogP contribution in [0.5, 0.6) is 0 Å². The lowest BCUT2D eigenvalue weighted by Gasteiger charge is -2.27. The van der Waals surface area contributed by atoms with Crippen LogP contribution in [-0.2, 0) is 24.3 Å². The molecule has 0 unspecified atom stereocenters. The molecule has 1 saturated heterocycles. The number of hydrogen-bond donors (Lipinski definition) is 2. The Balaban J connectivity index is 1.59. The highest BCUT2D eigenvalue weighted by Gasteiger charge is 2.26. The molecular weight excluding hydrogens is 442 g/mol. The molecule has 1 aliphatic heterocycles. The van der Waals surface area contributed by atoms with Crippen molar-refractivity contribution in [1.82, 2.24) is 14.9 Å². The van der Waals surface area contributed by atoms with Gasteiger partial charge in [0.25, 0.3) is 0 Å². The Kier molecular flexibility index (Phi) is 8.71. The molecule has 8 nitrogen and oxygen atoms in total. The second-order valence-corrected chi connectivity index (χ2v) is 10.3. The molecule has 0 spiro atoms. The molecule has 0 aromatic heterocycles. The van der Waals surface area contributed by atoms with Crippen LogP contribution in [0, 0.1) is 0 Å². The minimum absolute atomic E-state index is 0.0189. The molecule has 0 radical (unpaired) electrons. The summed E-state index contributed by atoms with van der Waals surface area (Å²) in [5.41, 5.74) is 0. The number of rotatable bonds is 9. The van der Waals surface area contributed by atoms with Gasteiger partial charge in [-0.1, -0.05) is 30.9 Å². The smallest absolute Gasteiger partial charge is 0.241 e. The average Bonchev–Trinajstić information content (AvgIpc) is 3.26. The van der Waals surface area contributed by atoms with Crippen LogP contribution in [-0.4, -0.2) is 63.5 Å². The normalized spacial score (nSPS) is 19.8. The van der Waals surface area contributed by atoms with Crippen molar-refractivity contribution >= 4 is 33.4 Å². The zero-order chi connectivity index (χ0) is 22.3. The Morgan fingerprint density at radius 2 is 1.77 bits per heavy atom. The van der Waals surface area contributed by atoms with E-state index in [4.69, 9.17) is 16.3 Å². The van der Waals surface area contributed by atoms with Crippen molar-refractivity contribution in [3.8, 4) is 0 Å². The number of amides is 2. The quantitative estimate of drug-likeness (QED) is 0.573. The predicted octanol–water partition coefficient (Wildman–Crippen LogP) is 2.07. The summed E-state index contributed by atoms with van der Waals surface area (Å²) >= 11 is 5.80. The first-order valence-electron chi connectivity index (χ1n) is 10.8. The molecule has 2 amide bonds. The van der Waals surface area contributed by atoms with Gasteiger partial charge in [0.1, 0.15) is 0 Å². The highest BCUT2D eigenvalue weighted by molar-refractivity contribution is 7.89. The second kappa shape index (κ2) is 11.3. The third kappa shape index (κ3) is 7.45. The van der Waals surface area contributed by atoms with E-state index in [9.17, 15) is 18.0 Å². The third-order valence-electron chi connectivity index (χ3n) is 5.64. The molecule has 2 fully saturated rings. The number of carbonyl (C=O) groups excluding carboxylic acids is 2. The van der Waals surface area contributed by atoms with Gasteiger partial charge in [-0.25, -0.2) is 13.1 Å². The molecule has 172 valence electrons. The SMILES string of the molecule is O=C(CN(C[C@H]1CCCO1)C(=O)CNS(=O)(=O)c1ccc(Cl)cc1)NC1CCCCC1. The summed E-state index contributed by atoms with van der Waals surface area (Å²) in [5, 5.41) is 3.43. The van der Waals surface area contributed by atoms with Crippen LogP contribution in [0.1, 0.15) is 44.9 Å². The van der Waals surface area contributed by atoms with E-state index in [2.05, 4.69) is 10.0 Å². The van der Waals surface area contributed by atoms with Crippen LogP contribution in [0.3, 0.4) is 0 Å². The number of halogens is 1.